The first-order valence-corrected chi connectivity index (χ1v) is 6.62. The van der Waals surface area contributed by atoms with E-state index in [1.165, 1.54) is 0 Å². The molecule has 0 radical (unpaired) electrons. The van der Waals surface area contributed by atoms with E-state index in [9.17, 15) is 4.79 Å². The van der Waals surface area contributed by atoms with E-state index in [2.05, 4.69) is 10.3 Å². The van der Waals surface area contributed by atoms with Gasteiger partial charge in [0.25, 0.3) is 5.91 Å². The van der Waals surface area contributed by atoms with Gasteiger partial charge in [-0.1, -0.05) is 17.7 Å². The summed E-state index contributed by atoms with van der Waals surface area (Å²) in [4.78, 5) is 16.4. The molecule has 4 nitrogen and oxygen atoms in total. The summed E-state index contributed by atoms with van der Waals surface area (Å²) < 4.78 is 0. The quantitative estimate of drug-likeness (QED) is 0.814. The van der Waals surface area contributed by atoms with Gasteiger partial charge in [0.2, 0.25) is 0 Å². The van der Waals surface area contributed by atoms with Gasteiger partial charge in [0.05, 0.1) is 11.1 Å². The molecule has 0 unspecified atom stereocenters. The van der Waals surface area contributed by atoms with Gasteiger partial charge in [0.1, 0.15) is 0 Å². The van der Waals surface area contributed by atoms with E-state index in [1.54, 1.807) is 18.3 Å². The van der Waals surface area contributed by atoms with Crippen molar-refractivity contribution in [3.63, 3.8) is 0 Å². The molecule has 2 aromatic rings. The number of rotatable bonds is 5. The number of nitrogens with zero attached hydrogens (tertiary/aromatic N) is 1. The van der Waals surface area contributed by atoms with E-state index in [1.807, 2.05) is 12.1 Å². The number of carbonyl (C=O) groups is 1. The second kappa shape index (κ2) is 9.79. The zero-order valence-electron chi connectivity index (χ0n) is 11.3. The Morgan fingerprint density at radius 2 is 2.05 bits per heavy atom. The van der Waals surface area contributed by atoms with Crippen LogP contribution in [0.25, 0.3) is 10.9 Å². The van der Waals surface area contributed by atoms with Gasteiger partial charge in [-0.15, -0.1) is 24.8 Å². The van der Waals surface area contributed by atoms with E-state index in [0.717, 1.165) is 18.2 Å². The molecule has 7 heteroatoms. The van der Waals surface area contributed by atoms with Gasteiger partial charge in [0.15, 0.2) is 0 Å². The molecule has 0 aliphatic carbocycles. The van der Waals surface area contributed by atoms with Crippen LogP contribution in [0.3, 0.4) is 0 Å². The molecule has 3 N–H and O–H groups in total. The van der Waals surface area contributed by atoms with Crippen molar-refractivity contribution in [1.82, 2.24) is 10.3 Å². The predicted molar refractivity (Wildman–Crippen MR) is 91.9 cm³/mol. The van der Waals surface area contributed by atoms with Crippen molar-refractivity contribution in [2.24, 2.45) is 5.73 Å². The minimum Gasteiger partial charge on any atom is -0.352 e. The van der Waals surface area contributed by atoms with Crippen molar-refractivity contribution in [2.45, 2.75) is 12.8 Å². The predicted octanol–water partition coefficient (Wildman–Crippen LogP) is 3.20. The fourth-order valence-corrected chi connectivity index (χ4v) is 2.12. The molecule has 21 heavy (non-hydrogen) atoms. The standard InChI is InChI=1S/C14H16ClN3O.2ClH/c15-11-8-10-4-3-7-17-13(10)12(9-11)14(19)18-6-2-1-5-16;;/h3-4,7-9H,1-2,5-6,16H2,(H,18,19);2*1H. The second-order valence-electron chi connectivity index (χ2n) is 4.28. The Morgan fingerprint density at radius 3 is 2.76 bits per heavy atom. The van der Waals surface area contributed by atoms with E-state index >= 15 is 0 Å². The molecule has 0 atom stereocenters. The average molecular weight is 351 g/mol. The molecule has 1 amide bonds. The van der Waals surface area contributed by atoms with Crippen LogP contribution in [0.5, 0.6) is 0 Å². The van der Waals surface area contributed by atoms with Crippen LogP contribution in [0, 0.1) is 0 Å². The fraction of sp³-hybridized carbons (Fsp3) is 0.286. The van der Waals surface area contributed by atoms with Gasteiger partial charge in [-0.2, -0.15) is 0 Å². The van der Waals surface area contributed by atoms with Gasteiger partial charge in [-0.05, 0) is 37.6 Å². The summed E-state index contributed by atoms with van der Waals surface area (Å²) in [5.41, 5.74) is 6.59. The van der Waals surface area contributed by atoms with Crippen molar-refractivity contribution in [2.75, 3.05) is 13.1 Å². The third-order valence-corrected chi connectivity index (χ3v) is 3.05. The Bertz CT molecular complexity index is 593. The Balaban J connectivity index is 0.00000200. The Kier molecular flexibility index (Phi) is 9.29. The lowest BCUT2D eigenvalue weighted by Crippen LogP contribution is -2.25. The molecule has 1 heterocycles. The van der Waals surface area contributed by atoms with Gasteiger partial charge >= 0.3 is 0 Å². The largest absolute Gasteiger partial charge is 0.352 e. The van der Waals surface area contributed by atoms with E-state index < -0.39 is 0 Å². The summed E-state index contributed by atoms with van der Waals surface area (Å²) in [7, 11) is 0. The third kappa shape index (κ3) is 5.32. The molecule has 116 valence electrons. The van der Waals surface area contributed by atoms with E-state index in [4.69, 9.17) is 17.3 Å². The number of pyridine rings is 1. The summed E-state index contributed by atoms with van der Waals surface area (Å²) in [6.07, 6.45) is 3.43. The summed E-state index contributed by atoms with van der Waals surface area (Å²) >= 11 is 6.03. The number of fused-ring (bicyclic) bond motifs is 1. The smallest absolute Gasteiger partial charge is 0.253 e. The molecule has 1 aromatic heterocycles. The molecule has 1 aromatic carbocycles. The highest BCUT2D eigenvalue weighted by Crippen LogP contribution is 2.22. The highest BCUT2D eigenvalue weighted by atomic mass is 35.5. The Morgan fingerprint density at radius 1 is 1.29 bits per heavy atom. The van der Waals surface area contributed by atoms with Crippen molar-refractivity contribution in [3.8, 4) is 0 Å². The monoisotopic (exact) mass is 349 g/mol. The molecule has 0 fully saturated rings. The van der Waals surface area contributed by atoms with Crippen LogP contribution in [0.4, 0.5) is 0 Å². The van der Waals surface area contributed by atoms with Crippen molar-refractivity contribution in [1.29, 1.82) is 0 Å². The zero-order chi connectivity index (χ0) is 13.7. The summed E-state index contributed by atoms with van der Waals surface area (Å²) in [6.45, 7) is 1.24. The minimum atomic E-state index is -0.150. The van der Waals surface area contributed by atoms with Crippen LogP contribution in [0.2, 0.25) is 5.02 Å². The maximum Gasteiger partial charge on any atom is 0.253 e. The molecule has 0 aliphatic rings. The molecule has 0 bridgehead atoms. The number of amides is 1. The number of benzene rings is 1. The Labute approximate surface area is 141 Å². The van der Waals surface area contributed by atoms with Crippen molar-refractivity contribution in [3.05, 3.63) is 41.0 Å². The lowest BCUT2D eigenvalue weighted by molar-refractivity contribution is 0.0954. The maximum absolute atomic E-state index is 12.1. The number of carbonyl (C=O) groups excluding carboxylic acids is 1. The third-order valence-electron chi connectivity index (χ3n) is 2.83. The van der Waals surface area contributed by atoms with Gasteiger partial charge in [-0.25, -0.2) is 0 Å². The van der Waals surface area contributed by atoms with Crippen LogP contribution in [0.1, 0.15) is 23.2 Å². The second-order valence-corrected chi connectivity index (χ2v) is 4.72. The number of aromatic nitrogens is 1. The van der Waals surface area contributed by atoms with Crippen molar-refractivity contribution >= 4 is 53.2 Å². The van der Waals surface area contributed by atoms with Crippen LogP contribution >= 0.6 is 36.4 Å². The number of nitrogens with one attached hydrogen (secondary N) is 1. The SMILES string of the molecule is Cl.Cl.NCCCCNC(=O)c1cc(Cl)cc2cccnc12. The molecule has 0 saturated heterocycles. The molecular formula is C14H18Cl3N3O. The molecule has 0 spiro atoms. The normalized spacial score (nSPS) is 9.62. The molecular weight excluding hydrogens is 333 g/mol. The number of halogens is 3. The zero-order valence-corrected chi connectivity index (χ0v) is 13.7. The number of hydrogen-bond donors (Lipinski definition) is 2. The first-order valence-electron chi connectivity index (χ1n) is 6.25. The van der Waals surface area contributed by atoms with Crippen LogP contribution < -0.4 is 11.1 Å². The lowest BCUT2D eigenvalue weighted by Gasteiger charge is -2.08. The van der Waals surface area contributed by atoms with E-state index in [-0.39, 0.29) is 30.7 Å². The van der Waals surface area contributed by atoms with Gasteiger partial charge in [0, 0.05) is 23.2 Å². The minimum absolute atomic E-state index is 0. The first-order chi connectivity index (χ1) is 9.22. The number of unbranched alkanes of at least 4 members (excludes halogenated alkanes) is 1. The highest BCUT2D eigenvalue weighted by molar-refractivity contribution is 6.32. The van der Waals surface area contributed by atoms with Gasteiger partial charge in [-0.3, -0.25) is 9.78 Å². The maximum atomic E-state index is 12.1. The highest BCUT2D eigenvalue weighted by Gasteiger charge is 2.11. The number of hydrogen-bond acceptors (Lipinski definition) is 3. The fourth-order valence-electron chi connectivity index (χ4n) is 1.90. The summed E-state index contributed by atoms with van der Waals surface area (Å²) in [5.74, 6) is -0.150. The van der Waals surface area contributed by atoms with Crippen LogP contribution in [-0.4, -0.2) is 24.0 Å². The van der Waals surface area contributed by atoms with E-state index in [0.29, 0.717) is 29.2 Å². The van der Waals surface area contributed by atoms with Crippen LogP contribution in [0.15, 0.2) is 30.5 Å². The van der Waals surface area contributed by atoms with Crippen molar-refractivity contribution < 1.29 is 4.79 Å². The average Bonchev–Trinajstić information content (AvgIpc) is 2.42. The summed E-state index contributed by atoms with van der Waals surface area (Å²) in [5, 5.41) is 4.26. The van der Waals surface area contributed by atoms with Crippen LogP contribution in [-0.2, 0) is 0 Å². The first kappa shape index (κ1) is 19.9. The molecule has 0 aliphatic heterocycles. The van der Waals surface area contributed by atoms with Gasteiger partial charge < -0.3 is 11.1 Å². The number of nitrogens with two attached hydrogens (primary N) is 1. The topological polar surface area (TPSA) is 68.0 Å². The summed E-state index contributed by atoms with van der Waals surface area (Å²) in [6, 6.07) is 7.16. The lowest BCUT2D eigenvalue weighted by atomic mass is 10.1. The molecule has 2 rings (SSSR count). The molecule has 0 saturated carbocycles. The Hall–Kier alpha value is -1.07.